The van der Waals surface area contributed by atoms with Gasteiger partial charge in [0.1, 0.15) is 18.8 Å². The van der Waals surface area contributed by atoms with Crippen LogP contribution in [0.5, 0.6) is 0 Å². The van der Waals surface area contributed by atoms with E-state index in [2.05, 4.69) is 0 Å². The van der Waals surface area contributed by atoms with E-state index in [-0.39, 0.29) is 6.42 Å². The molecule has 176 valence electrons. The van der Waals surface area contributed by atoms with Gasteiger partial charge in [-0.25, -0.2) is 4.79 Å². The van der Waals surface area contributed by atoms with Crippen molar-refractivity contribution in [2.24, 2.45) is 5.92 Å². The van der Waals surface area contributed by atoms with E-state index in [1.807, 2.05) is 0 Å². The van der Waals surface area contributed by atoms with Crippen LogP contribution < -0.4 is 0 Å². The van der Waals surface area contributed by atoms with Gasteiger partial charge >= 0.3 is 29.8 Å². The molecule has 0 saturated carbocycles. The third-order valence-electron chi connectivity index (χ3n) is 4.79. The van der Waals surface area contributed by atoms with E-state index in [1.165, 1.54) is 21.0 Å². The van der Waals surface area contributed by atoms with Gasteiger partial charge in [-0.2, -0.15) is 0 Å². The third kappa shape index (κ3) is 7.50. The smallest absolute Gasteiger partial charge is 0.338 e. The molecule has 0 radical (unpaired) electrons. The molecular formula is C20H30O11. The van der Waals surface area contributed by atoms with Gasteiger partial charge in [0.2, 0.25) is 0 Å². The average molecular weight is 446 g/mol. The zero-order valence-electron chi connectivity index (χ0n) is 18.8. The van der Waals surface area contributed by atoms with Crippen LogP contribution in [-0.2, 0) is 52.4 Å². The van der Waals surface area contributed by atoms with Gasteiger partial charge in [0.15, 0.2) is 17.8 Å². The highest BCUT2D eigenvalue weighted by molar-refractivity contribution is 5.79. The zero-order valence-corrected chi connectivity index (χ0v) is 18.8. The summed E-state index contributed by atoms with van der Waals surface area (Å²) in [5, 5.41) is 0. The van der Waals surface area contributed by atoms with Crippen LogP contribution >= 0.6 is 0 Å². The van der Waals surface area contributed by atoms with Crippen LogP contribution in [0.15, 0.2) is 0 Å². The predicted octanol–water partition coefficient (Wildman–Crippen LogP) is 0.701. The summed E-state index contributed by atoms with van der Waals surface area (Å²) in [7, 11) is 1.18. The highest BCUT2D eigenvalue weighted by Gasteiger charge is 2.54. The number of hydrogen-bond donors (Lipinski definition) is 0. The molecule has 1 saturated heterocycles. The fourth-order valence-corrected chi connectivity index (χ4v) is 3.47. The molecule has 6 unspecified atom stereocenters. The van der Waals surface area contributed by atoms with Crippen molar-refractivity contribution in [2.45, 2.75) is 78.0 Å². The van der Waals surface area contributed by atoms with Crippen LogP contribution in [0, 0.1) is 5.92 Å². The molecule has 1 heterocycles. The number of hydrogen-bond acceptors (Lipinski definition) is 11. The summed E-state index contributed by atoms with van der Waals surface area (Å²) in [4.78, 5) is 58.9. The molecule has 6 atom stereocenters. The Hall–Kier alpha value is -2.69. The predicted molar refractivity (Wildman–Crippen MR) is 102 cm³/mol. The quantitative estimate of drug-likeness (QED) is 0.384. The summed E-state index contributed by atoms with van der Waals surface area (Å²) in [5.74, 6) is -3.99. The van der Waals surface area contributed by atoms with Crippen LogP contribution in [0.1, 0.15) is 48.0 Å². The zero-order chi connectivity index (χ0) is 23.9. The number of carbonyl (C=O) groups is 5. The van der Waals surface area contributed by atoms with Gasteiger partial charge in [-0.15, -0.1) is 0 Å². The number of carbonyl (C=O) groups excluding carboxylic acids is 5. The van der Waals surface area contributed by atoms with Crippen molar-refractivity contribution in [1.82, 2.24) is 0 Å². The molecule has 1 aliphatic heterocycles. The SMILES string of the molecule is COC(=O)C1(C)CC(OC(C)=O)C(C)C(C(OC(C)=O)C(COC(C)=O)OC(C)=O)O1. The van der Waals surface area contributed by atoms with E-state index in [0.717, 1.165) is 20.8 Å². The van der Waals surface area contributed by atoms with Crippen molar-refractivity contribution in [2.75, 3.05) is 13.7 Å². The monoisotopic (exact) mass is 446 g/mol. The summed E-state index contributed by atoms with van der Waals surface area (Å²) in [6.45, 7) is 7.35. The van der Waals surface area contributed by atoms with Gasteiger partial charge in [0.05, 0.1) is 7.11 Å². The minimum Gasteiger partial charge on any atom is -0.467 e. The average Bonchev–Trinajstić information content (AvgIpc) is 2.64. The molecule has 31 heavy (non-hydrogen) atoms. The first-order valence-corrected chi connectivity index (χ1v) is 9.72. The Bertz CT molecular complexity index is 703. The topological polar surface area (TPSA) is 141 Å². The van der Waals surface area contributed by atoms with Crippen LogP contribution in [0.3, 0.4) is 0 Å². The Morgan fingerprint density at radius 2 is 1.55 bits per heavy atom. The standard InChI is InChI=1S/C20H30O11/c1-10-15(28-12(3)22)8-20(6,19(25)26-7)31-17(10)18(30-14(5)24)16(29-13(4)23)9-27-11(2)21/h10,15-18H,8-9H2,1-7H3. The summed E-state index contributed by atoms with van der Waals surface area (Å²) in [5.41, 5.74) is -1.55. The number of esters is 5. The first kappa shape index (κ1) is 26.3. The fraction of sp³-hybridized carbons (Fsp3) is 0.750. The lowest BCUT2D eigenvalue weighted by atomic mass is 9.81. The minimum absolute atomic E-state index is 0.00805. The second-order valence-corrected chi connectivity index (χ2v) is 7.54. The van der Waals surface area contributed by atoms with Gasteiger partial charge in [-0.1, -0.05) is 6.92 Å². The number of ether oxygens (including phenoxy) is 6. The maximum Gasteiger partial charge on any atom is 0.338 e. The number of rotatable bonds is 8. The first-order valence-electron chi connectivity index (χ1n) is 9.72. The summed E-state index contributed by atoms with van der Waals surface area (Å²) >= 11 is 0. The van der Waals surface area contributed by atoms with Crippen LogP contribution in [-0.4, -0.2) is 73.6 Å². The summed E-state index contributed by atoms with van der Waals surface area (Å²) in [6.07, 6.45) is -4.41. The van der Waals surface area contributed by atoms with E-state index in [4.69, 9.17) is 28.4 Å². The molecule has 0 N–H and O–H groups in total. The van der Waals surface area contributed by atoms with Gasteiger partial charge < -0.3 is 28.4 Å². The molecule has 0 aromatic heterocycles. The lowest BCUT2D eigenvalue weighted by Crippen LogP contribution is -2.61. The normalized spacial score (nSPS) is 27.3. The molecule has 0 bridgehead atoms. The molecular weight excluding hydrogens is 416 g/mol. The van der Waals surface area contributed by atoms with Crippen LogP contribution in [0.2, 0.25) is 0 Å². The van der Waals surface area contributed by atoms with E-state index >= 15 is 0 Å². The fourth-order valence-electron chi connectivity index (χ4n) is 3.47. The molecule has 0 amide bonds. The summed E-state index contributed by atoms with van der Waals surface area (Å²) < 4.78 is 31.8. The maximum atomic E-state index is 12.4. The second-order valence-electron chi connectivity index (χ2n) is 7.54. The molecule has 0 spiro atoms. The Morgan fingerprint density at radius 3 is 2.00 bits per heavy atom. The minimum atomic E-state index is -1.55. The summed E-state index contributed by atoms with van der Waals surface area (Å²) in [6, 6.07) is 0. The largest absolute Gasteiger partial charge is 0.467 e. The van der Waals surface area contributed by atoms with E-state index < -0.39 is 72.4 Å². The Balaban J connectivity index is 3.42. The molecule has 0 aromatic carbocycles. The Morgan fingerprint density at radius 1 is 0.968 bits per heavy atom. The van der Waals surface area contributed by atoms with Crippen LogP contribution in [0.4, 0.5) is 0 Å². The van der Waals surface area contributed by atoms with Gasteiger partial charge in [0, 0.05) is 40.0 Å². The highest BCUT2D eigenvalue weighted by atomic mass is 16.6. The van der Waals surface area contributed by atoms with Gasteiger partial charge in [0.25, 0.3) is 0 Å². The highest BCUT2D eigenvalue weighted by Crippen LogP contribution is 2.38. The molecule has 0 aliphatic carbocycles. The van der Waals surface area contributed by atoms with E-state index in [9.17, 15) is 24.0 Å². The third-order valence-corrected chi connectivity index (χ3v) is 4.79. The lowest BCUT2D eigenvalue weighted by Gasteiger charge is -2.47. The molecule has 1 fully saturated rings. The first-order chi connectivity index (χ1) is 14.3. The molecule has 1 rings (SSSR count). The van der Waals surface area contributed by atoms with Gasteiger partial charge in [-0.3, -0.25) is 19.2 Å². The van der Waals surface area contributed by atoms with Crippen molar-refractivity contribution in [3.63, 3.8) is 0 Å². The van der Waals surface area contributed by atoms with Crippen molar-refractivity contribution in [1.29, 1.82) is 0 Å². The maximum absolute atomic E-state index is 12.4. The van der Waals surface area contributed by atoms with Crippen LogP contribution in [0.25, 0.3) is 0 Å². The number of methoxy groups -OCH3 is 1. The molecule has 1 aliphatic rings. The molecule has 0 aromatic rings. The second kappa shape index (κ2) is 11.1. The molecule has 11 heteroatoms. The Kier molecular flexibility index (Phi) is 9.41. The molecule has 11 nitrogen and oxygen atoms in total. The Labute approximate surface area is 180 Å². The lowest BCUT2D eigenvalue weighted by molar-refractivity contribution is -0.245. The van der Waals surface area contributed by atoms with Crippen molar-refractivity contribution in [3.05, 3.63) is 0 Å². The van der Waals surface area contributed by atoms with Gasteiger partial charge in [-0.05, 0) is 6.92 Å². The van der Waals surface area contributed by atoms with E-state index in [0.29, 0.717) is 0 Å². The van der Waals surface area contributed by atoms with E-state index in [1.54, 1.807) is 6.92 Å². The van der Waals surface area contributed by atoms with Crippen molar-refractivity contribution >= 4 is 29.8 Å². The van der Waals surface area contributed by atoms with Crippen molar-refractivity contribution < 1.29 is 52.4 Å². The van der Waals surface area contributed by atoms with Crippen molar-refractivity contribution in [3.8, 4) is 0 Å².